The third kappa shape index (κ3) is 3.41. The minimum atomic E-state index is 0.137. The van der Waals surface area contributed by atoms with Crippen LogP contribution >= 0.6 is 11.3 Å². The molecule has 3 heterocycles. The average molecular weight is 303 g/mol. The van der Waals surface area contributed by atoms with Gasteiger partial charge in [-0.25, -0.2) is 0 Å². The fourth-order valence-corrected chi connectivity index (χ4v) is 3.50. The van der Waals surface area contributed by atoms with Crippen molar-refractivity contribution in [3.05, 3.63) is 29.3 Å². The average Bonchev–Trinajstić information content (AvgIpc) is 3.00. The lowest BCUT2D eigenvalue weighted by Crippen LogP contribution is -2.41. The van der Waals surface area contributed by atoms with Crippen molar-refractivity contribution in [1.29, 1.82) is 0 Å². The van der Waals surface area contributed by atoms with E-state index in [0.717, 1.165) is 37.0 Å². The summed E-state index contributed by atoms with van der Waals surface area (Å²) in [4.78, 5) is 18.6. The first kappa shape index (κ1) is 14.5. The van der Waals surface area contributed by atoms with Crippen LogP contribution in [-0.2, 0) is 4.79 Å². The molecule has 0 aromatic carbocycles. The Labute approximate surface area is 129 Å². The smallest absolute Gasteiger partial charge is 0.236 e. The van der Waals surface area contributed by atoms with Gasteiger partial charge in [0.15, 0.2) is 0 Å². The van der Waals surface area contributed by atoms with Crippen molar-refractivity contribution >= 4 is 27.5 Å². The van der Waals surface area contributed by atoms with Crippen LogP contribution in [0.25, 0.3) is 10.2 Å². The number of aromatic nitrogens is 1. The zero-order valence-corrected chi connectivity index (χ0v) is 13.2. The fraction of sp³-hybridized carbons (Fsp3) is 0.500. The number of likely N-dealkylation sites (tertiary alicyclic amines) is 1. The Hall–Kier alpha value is -1.46. The van der Waals surface area contributed by atoms with E-state index in [1.165, 1.54) is 11.1 Å². The molecule has 1 aliphatic heterocycles. The molecule has 0 radical (unpaired) electrons. The van der Waals surface area contributed by atoms with E-state index in [-0.39, 0.29) is 11.9 Å². The second-order valence-corrected chi connectivity index (χ2v) is 6.56. The van der Waals surface area contributed by atoms with Crippen molar-refractivity contribution in [2.24, 2.45) is 0 Å². The lowest BCUT2D eigenvalue weighted by molar-refractivity contribution is -0.131. The van der Waals surface area contributed by atoms with Gasteiger partial charge in [-0.2, -0.15) is 0 Å². The van der Waals surface area contributed by atoms with Gasteiger partial charge in [-0.15, -0.1) is 11.3 Å². The van der Waals surface area contributed by atoms with Gasteiger partial charge < -0.3 is 10.2 Å². The van der Waals surface area contributed by atoms with Gasteiger partial charge in [-0.05, 0) is 49.3 Å². The molecule has 1 saturated heterocycles. The number of amides is 1. The predicted octanol–water partition coefficient (Wildman–Crippen LogP) is 2.96. The van der Waals surface area contributed by atoms with E-state index in [4.69, 9.17) is 0 Å². The summed E-state index contributed by atoms with van der Waals surface area (Å²) in [6.45, 7) is 4.32. The van der Waals surface area contributed by atoms with E-state index >= 15 is 0 Å². The van der Waals surface area contributed by atoms with Crippen LogP contribution in [0.3, 0.4) is 0 Å². The Morgan fingerprint density at radius 3 is 3.05 bits per heavy atom. The second-order valence-electron chi connectivity index (χ2n) is 5.62. The first-order valence-electron chi connectivity index (χ1n) is 7.58. The molecule has 0 bridgehead atoms. The van der Waals surface area contributed by atoms with Crippen LogP contribution < -0.4 is 5.32 Å². The van der Waals surface area contributed by atoms with Gasteiger partial charge in [0.05, 0.1) is 16.8 Å². The topological polar surface area (TPSA) is 45.2 Å². The molecule has 21 heavy (non-hydrogen) atoms. The summed E-state index contributed by atoms with van der Waals surface area (Å²) >= 11 is 1.70. The van der Waals surface area contributed by atoms with Gasteiger partial charge >= 0.3 is 0 Å². The van der Waals surface area contributed by atoms with Crippen LogP contribution in [0.5, 0.6) is 0 Å². The number of nitrogens with zero attached hydrogens (tertiary/aromatic N) is 2. The minimum Gasteiger partial charge on any atom is -0.342 e. The molecule has 112 valence electrons. The van der Waals surface area contributed by atoms with Crippen LogP contribution in [-0.4, -0.2) is 35.4 Å². The van der Waals surface area contributed by atoms with E-state index in [9.17, 15) is 4.79 Å². The molecule has 0 saturated carbocycles. The monoisotopic (exact) mass is 303 g/mol. The third-order valence-electron chi connectivity index (χ3n) is 4.09. The maximum absolute atomic E-state index is 12.2. The molecule has 1 unspecified atom stereocenters. The maximum Gasteiger partial charge on any atom is 0.236 e. The van der Waals surface area contributed by atoms with Crippen molar-refractivity contribution in [1.82, 2.24) is 15.2 Å². The Kier molecular flexibility index (Phi) is 4.51. The highest BCUT2D eigenvalue weighted by molar-refractivity contribution is 7.17. The normalized spacial score (nSPS) is 17.1. The highest BCUT2D eigenvalue weighted by atomic mass is 32.1. The van der Waals surface area contributed by atoms with Crippen LogP contribution in [0.4, 0.5) is 0 Å². The van der Waals surface area contributed by atoms with Gasteiger partial charge in [-0.3, -0.25) is 9.78 Å². The number of thiophene rings is 1. The van der Waals surface area contributed by atoms with Crippen LogP contribution in [0, 0.1) is 0 Å². The number of carbonyl (C=O) groups is 1. The minimum absolute atomic E-state index is 0.137. The Morgan fingerprint density at radius 2 is 2.24 bits per heavy atom. The molecule has 2 aromatic rings. The maximum atomic E-state index is 12.2. The number of piperidine rings is 1. The molecule has 5 heteroatoms. The van der Waals surface area contributed by atoms with Gasteiger partial charge in [-0.1, -0.05) is 0 Å². The molecule has 4 nitrogen and oxygen atoms in total. The number of nitrogens with one attached hydrogen (secondary N) is 1. The molecular formula is C16H21N3OS. The summed E-state index contributed by atoms with van der Waals surface area (Å²) < 4.78 is 1.20. The van der Waals surface area contributed by atoms with Gasteiger partial charge in [0.1, 0.15) is 0 Å². The fourth-order valence-electron chi connectivity index (χ4n) is 2.71. The molecule has 0 spiro atoms. The lowest BCUT2D eigenvalue weighted by atomic mass is 10.1. The second kappa shape index (κ2) is 6.54. The summed E-state index contributed by atoms with van der Waals surface area (Å²) in [5.41, 5.74) is 2.18. The van der Waals surface area contributed by atoms with Gasteiger partial charge in [0.25, 0.3) is 0 Å². The van der Waals surface area contributed by atoms with Crippen LogP contribution in [0.2, 0.25) is 0 Å². The van der Waals surface area contributed by atoms with Crippen molar-refractivity contribution < 1.29 is 4.79 Å². The number of carbonyl (C=O) groups excluding carboxylic acids is 1. The number of hydrogen-bond acceptors (Lipinski definition) is 4. The SMILES string of the molecule is CC(NCC(=O)N1CCCCC1)c1cnc2ccsc2c1. The molecule has 1 atom stereocenters. The molecule has 1 fully saturated rings. The summed E-state index contributed by atoms with van der Waals surface area (Å²) in [5.74, 6) is 0.215. The largest absolute Gasteiger partial charge is 0.342 e. The number of pyridine rings is 1. The Bertz CT molecular complexity index is 619. The predicted molar refractivity (Wildman–Crippen MR) is 86.5 cm³/mol. The van der Waals surface area contributed by atoms with Crippen molar-refractivity contribution in [3.8, 4) is 0 Å². The molecule has 1 amide bonds. The summed E-state index contributed by atoms with van der Waals surface area (Å²) in [7, 11) is 0. The number of hydrogen-bond donors (Lipinski definition) is 1. The van der Waals surface area contributed by atoms with Gasteiger partial charge in [0.2, 0.25) is 5.91 Å². The van der Waals surface area contributed by atoms with E-state index < -0.39 is 0 Å². The zero-order chi connectivity index (χ0) is 14.7. The first-order valence-corrected chi connectivity index (χ1v) is 8.46. The highest BCUT2D eigenvalue weighted by Gasteiger charge is 2.17. The summed E-state index contributed by atoms with van der Waals surface area (Å²) in [6, 6.07) is 4.33. The molecular weight excluding hydrogens is 282 g/mol. The van der Waals surface area contributed by atoms with Crippen molar-refractivity contribution in [2.45, 2.75) is 32.2 Å². The van der Waals surface area contributed by atoms with E-state index in [1.54, 1.807) is 11.3 Å². The highest BCUT2D eigenvalue weighted by Crippen LogP contribution is 2.22. The quantitative estimate of drug-likeness (QED) is 0.944. The standard InChI is InChI=1S/C16H21N3OS/c1-12(13-9-15-14(18-10-13)5-8-21-15)17-11-16(20)19-6-3-2-4-7-19/h5,8-10,12,17H,2-4,6-7,11H2,1H3. The van der Waals surface area contributed by atoms with Crippen molar-refractivity contribution in [3.63, 3.8) is 0 Å². The van der Waals surface area contributed by atoms with Crippen molar-refractivity contribution in [2.75, 3.05) is 19.6 Å². The van der Waals surface area contributed by atoms with E-state index in [0.29, 0.717) is 6.54 Å². The molecule has 2 aromatic heterocycles. The Morgan fingerprint density at radius 1 is 1.43 bits per heavy atom. The molecule has 0 aliphatic carbocycles. The zero-order valence-electron chi connectivity index (χ0n) is 12.3. The number of rotatable bonds is 4. The van der Waals surface area contributed by atoms with E-state index in [2.05, 4.69) is 28.7 Å². The first-order chi connectivity index (χ1) is 10.2. The van der Waals surface area contributed by atoms with E-state index in [1.807, 2.05) is 17.2 Å². The summed E-state index contributed by atoms with van der Waals surface area (Å²) in [5, 5.41) is 5.38. The lowest BCUT2D eigenvalue weighted by Gasteiger charge is -2.27. The molecule has 3 rings (SSSR count). The number of fused-ring (bicyclic) bond motifs is 1. The van der Waals surface area contributed by atoms with Gasteiger partial charge in [0, 0.05) is 25.3 Å². The third-order valence-corrected chi connectivity index (χ3v) is 4.95. The summed E-state index contributed by atoms with van der Waals surface area (Å²) in [6.07, 6.45) is 5.43. The Balaban J connectivity index is 1.57. The molecule has 1 N–H and O–H groups in total. The van der Waals surface area contributed by atoms with Crippen LogP contribution in [0.15, 0.2) is 23.7 Å². The molecule has 1 aliphatic rings. The van der Waals surface area contributed by atoms with Crippen LogP contribution in [0.1, 0.15) is 37.8 Å².